The van der Waals surface area contributed by atoms with Crippen LogP contribution in [0.3, 0.4) is 0 Å². The average Bonchev–Trinajstić information content (AvgIpc) is 2.43. The fourth-order valence-corrected chi connectivity index (χ4v) is 4.19. The molecule has 0 aromatic heterocycles. The molecule has 0 atom stereocenters. The number of nitrogens with zero attached hydrogens (tertiary/aromatic N) is 1. The molecule has 0 aliphatic heterocycles. The molecule has 1 heteroatoms. The minimum Gasteiger partial charge on any atom is -0.168 e. The van der Waals surface area contributed by atoms with E-state index in [4.69, 9.17) is 0 Å². The molecule has 0 amide bonds. The van der Waals surface area contributed by atoms with Crippen molar-refractivity contribution in [3.63, 3.8) is 0 Å². The van der Waals surface area contributed by atoms with Gasteiger partial charge in [-0.15, -0.1) is 0 Å². The Morgan fingerprint density at radius 2 is 1.39 bits per heavy atom. The van der Waals surface area contributed by atoms with Crippen molar-refractivity contribution >= 4 is 0 Å². The van der Waals surface area contributed by atoms with Crippen LogP contribution in [0.4, 0.5) is 0 Å². The molecule has 2 radical (unpaired) electrons. The molecule has 0 aromatic rings. The van der Waals surface area contributed by atoms with Crippen LogP contribution in [0.2, 0.25) is 0 Å². The zero-order chi connectivity index (χ0) is 12.8. The van der Waals surface area contributed by atoms with E-state index in [1.165, 1.54) is 64.5 Å². The fraction of sp³-hybridized carbons (Fsp3) is 0.941. The maximum absolute atomic E-state index is 2.67. The van der Waals surface area contributed by atoms with E-state index in [-0.39, 0.29) is 0 Å². The third-order valence-electron chi connectivity index (χ3n) is 5.37. The van der Waals surface area contributed by atoms with Crippen LogP contribution in [0.1, 0.15) is 71.6 Å². The predicted octanol–water partition coefficient (Wildman–Crippen LogP) is 4.51. The molecule has 2 rings (SSSR count). The van der Waals surface area contributed by atoms with Crippen molar-refractivity contribution in [2.24, 2.45) is 11.8 Å². The van der Waals surface area contributed by atoms with E-state index in [9.17, 15) is 0 Å². The molecular formula is C17H32N+. The van der Waals surface area contributed by atoms with E-state index in [0.717, 1.165) is 17.9 Å². The Balaban J connectivity index is 1.69. The van der Waals surface area contributed by atoms with Crippen molar-refractivity contribution < 1.29 is 0 Å². The van der Waals surface area contributed by atoms with Gasteiger partial charge in [0.05, 0.1) is 0 Å². The number of rotatable bonds is 5. The lowest BCUT2D eigenvalue weighted by Crippen LogP contribution is -2.42. The zero-order valence-corrected chi connectivity index (χ0v) is 12.5. The van der Waals surface area contributed by atoms with Crippen LogP contribution in [-0.4, -0.2) is 19.1 Å². The lowest BCUT2D eigenvalue weighted by atomic mass is 9.76. The third kappa shape index (κ3) is 3.98. The Hall–Kier alpha value is -0.0400. The van der Waals surface area contributed by atoms with Gasteiger partial charge in [0.1, 0.15) is 19.1 Å². The van der Waals surface area contributed by atoms with Crippen LogP contribution >= 0.6 is 0 Å². The first-order chi connectivity index (χ1) is 8.83. The van der Waals surface area contributed by atoms with Crippen LogP contribution in [0.5, 0.6) is 0 Å². The summed E-state index contributed by atoms with van der Waals surface area (Å²) in [5.74, 6) is 2.12. The third-order valence-corrected chi connectivity index (χ3v) is 5.37. The molecule has 0 aromatic carbocycles. The molecule has 1 nitrogen and oxygen atoms in total. The summed E-state index contributed by atoms with van der Waals surface area (Å²) in [6.45, 7) is 7.11. The van der Waals surface area contributed by atoms with Gasteiger partial charge >= 0.3 is 0 Å². The molecule has 0 spiro atoms. The molecule has 0 unspecified atom stereocenters. The second-order valence-electron chi connectivity index (χ2n) is 6.44. The van der Waals surface area contributed by atoms with Gasteiger partial charge < -0.3 is 0 Å². The molecule has 104 valence electrons. The van der Waals surface area contributed by atoms with Crippen LogP contribution in [0.25, 0.3) is 0 Å². The molecule has 2 aliphatic carbocycles. The SMILES string of the molecule is CC[N+](CC)C1CCC(CC2CC[CH]CC2)CC1. The molecular weight excluding hydrogens is 218 g/mol. The van der Waals surface area contributed by atoms with Gasteiger partial charge in [-0.3, -0.25) is 0 Å². The normalized spacial score (nSPS) is 30.8. The van der Waals surface area contributed by atoms with E-state index in [2.05, 4.69) is 25.2 Å². The molecule has 0 bridgehead atoms. The van der Waals surface area contributed by atoms with Gasteiger partial charge in [0.2, 0.25) is 0 Å². The lowest BCUT2D eigenvalue weighted by Gasteiger charge is -2.32. The Morgan fingerprint density at radius 3 is 1.94 bits per heavy atom. The average molecular weight is 250 g/mol. The lowest BCUT2D eigenvalue weighted by molar-refractivity contribution is 0.194. The smallest absolute Gasteiger partial charge is 0.132 e. The Morgan fingerprint density at radius 1 is 0.833 bits per heavy atom. The first-order valence-corrected chi connectivity index (χ1v) is 8.39. The van der Waals surface area contributed by atoms with Crippen LogP contribution in [0, 0.1) is 18.3 Å². The van der Waals surface area contributed by atoms with Crippen LogP contribution in [0.15, 0.2) is 0 Å². The number of hydrogen-bond acceptors (Lipinski definition) is 1. The van der Waals surface area contributed by atoms with Gasteiger partial charge in [0, 0.05) is 12.8 Å². The fourth-order valence-electron chi connectivity index (χ4n) is 4.19. The Bertz CT molecular complexity index is 208. The summed E-state index contributed by atoms with van der Waals surface area (Å²) < 4.78 is 0. The summed E-state index contributed by atoms with van der Waals surface area (Å²) in [6, 6.07) is 0.899. The van der Waals surface area contributed by atoms with Crippen LogP contribution in [-0.2, 0) is 0 Å². The van der Waals surface area contributed by atoms with E-state index in [1.807, 2.05) is 0 Å². The van der Waals surface area contributed by atoms with Gasteiger partial charge in [-0.25, -0.2) is 0 Å². The Kier molecular flexibility index (Phi) is 6.01. The molecule has 0 saturated heterocycles. The van der Waals surface area contributed by atoms with Gasteiger partial charge in [-0.1, -0.05) is 12.8 Å². The first kappa shape index (κ1) is 14.4. The quantitative estimate of drug-likeness (QED) is 0.633. The highest BCUT2D eigenvalue weighted by molar-refractivity contribution is 4.84. The number of hydrogen-bond donors (Lipinski definition) is 0. The summed E-state index contributed by atoms with van der Waals surface area (Å²) in [6.07, 6.45) is 15.7. The van der Waals surface area contributed by atoms with Crippen molar-refractivity contribution in [1.82, 2.24) is 4.90 Å². The maximum Gasteiger partial charge on any atom is 0.132 e. The highest BCUT2D eigenvalue weighted by Gasteiger charge is 2.31. The minimum absolute atomic E-state index is 0.899. The summed E-state index contributed by atoms with van der Waals surface area (Å²) in [5, 5.41) is 0. The maximum atomic E-state index is 2.67. The van der Waals surface area contributed by atoms with E-state index in [0.29, 0.717) is 0 Å². The minimum atomic E-state index is 0.899. The van der Waals surface area contributed by atoms with Gasteiger partial charge in [-0.05, 0) is 64.2 Å². The highest BCUT2D eigenvalue weighted by atomic mass is 15.1. The van der Waals surface area contributed by atoms with Gasteiger partial charge in [0.25, 0.3) is 0 Å². The van der Waals surface area contributed by atoms with Crippen molar-refractivity contribution in [3.05, 3.63) is 6.42 Å². The molecule has 2 aliphatic rings. The largest absolute Gasteiger partial charge is 0.168 e. The van der Waals surface area contributed by atoms with Crippen molar-refractivity contribution in [2.45, 2.75) is 77.7 Å². The van der Waals surface area contributed by atoms with Crippen molar-refractivity contribution in [2.75, 3.05) is 13.1 Å². The molecule has 2 fully saturated rings. The second-order valence-corrected chi connectivity index (χ2v) is 6.44. The predicted molar refractivity (Wildman–Crippen MR) is 79.8 cm³/mol. The standard InChI is InChI=1S/C17H32N/c1-3-18(4-2)17-12-10-16(11-13-17)14-15-8-6-5-7-9-15/h5,15-17H,3-4,6-14H2,1-2H3/q+1. The summed E-state index contributed by atoms with van der Waals surface area (Å²) in [5.41, 5.74) is 0. The first-order valence-electron chi connectivity index (χ1n) is 8.39. The molecule has 0 heterocycles. The summed E-state index contributed by atoms with van der Waals surface area (Å²) in [7, 11) is 0. The van der Waals surface area contributed by atoms with E-state index in [1.54, 1.807) is 6.42 Å². The highest BCUT2D eigenvalue weighted by Crippen LogP contribution is 2.35. The molecule has 18 heavy (non-hydrogen) atoms. The van der Waals surface area contributed by atoms with Gasteiger partial charge in [-0.2, -0.15) is 4.90 Å². The Labute approximate surface area is 114 Å². The van der Waals surface area contributed by atoms with Gasteiger partial charge in [0.15, 0.2) is 0 Å². The van der Waals surface area contributed by atoms with E-state index >= 15 is 0 Å². The molecule has 2 saturated carbocycles. The van der Waals surface area contributed by atoms with E-state index < -0.39 is 0 Å². The second kappa shape index (κ2) is 7.53. The topological polar surface area (TPSA) is 5.90 Å². The zero-order valence-electron chi connectivity index (χ0n) is 12.5. The van der Waals surface area contributed by atoms with Crippen LogP contribution < -0.4 is 4.90 Å². The monoisotopic (exact) mass is 250 g/mol. The molecule has 0 N–H and O–H groups in total. The summed E-state index contributed by atoms with van der Waals surface area (Å²) in [4.78, 5) is 2.67. The van der Waals surface area contributed by atoms with Crippen molar-refractivity contribution in [1.29, 1.82) is 0 Å². The van der Waals surface area contributed by atoms with Crippen molar-refractivity contribution in [3.8, 4) is 0 Å². The summed E-state index contributed by atoms with van der Waals surface area (Å²) >= 11 is 0.